The lowest BCUT2D eigenvalue weighted by Crippen LogP contribution is -1.96. The number of nitrogens with zero attached hydrogens (tertiary/aromatic N) is 4. The fourth-order valence-electron chi connectivity index (χ4n) is 0.379. The van der Waals surface area contributed by atoms with E-state index in [-0.39, 0.29) is 5.16 Å². The second-order valence-corrected chi connectivity index (χ2v) is 2.27. The molecule has 1 aromatic heterocycles. The Morgan fingerprint density at radius 3 is 2.44 bits per heavy atom. The Morgan fingerprint density at radius 1 is 1.56 bits per heavy atom. The molecule has 7 heteroatoms. The van der Waals surface area contributed by atoms with Crippen molar-refractivity contribution < 1.29 is 8.42 Å². The summed E-state index contributed by atoms with van der Waals surface area (Å²) < 4.78 is 21.4. The summed E-state index contributed by atoms with van der Waals surface area (Å²) in [5.41, 5.74) is 0. The highest BCUT2D eigenvalue weighted by molar-refractivity contribution is 7.72. The Kier molecular flexibility index (Phi) is 1.43. The lowest BCUT2D eigenvalue weighted by Gasteiger charge is -1.82. The van der Waals surface area contributed by atoms with E-state index in [1.165, 1.54) is 7.05 Å². The van der Waals surface area contributed by atoms with Crippen molar-refractivity contribution >= 4 is 10.7 Å². The third-order valence-corrected chi connectivity index (χ3v) is 1.47. The number of rotatable bonds is 1. The largest absolute Gasteiger partial charge is 0.264 e. The lowest BCUT2D eigenvalue weighted by molar-refractivity contribution is 0.587. The second kappa shape index (κ2) is 2.09. The highest BCUT2D eigenvalue weighted by Crippen LogP contribution is 1.86. The molecular formula is C2H4N4O2S. The third-order valence-electron chi connectivity index (χ3n) is 0.761. The first kappa shape index (κ1) is 6.14. The minimum Gasteiger partial charge on any atom is -0.223 e. The molecule has 0 aliphatic rings. The molecule has 0 aliphatic heterocycles. The summed E-state index contributed by atoms with van der Waals surface area (Å²) in [6.07, 6.45) is 0. The summed E-state index contributed by atoms with van der Waals surface area (Å²) in [5.74, 6) is 0. The van der Waals surface area contributed by atoms with Gasteiger partial charge >= 0.3 is 0 Å². The van der Waals surface area contributed by atoms with Crippen molar-refractivity contribution in [1.29, 1.82) is 0 Å². The molecule has 0 saturated carbocycles. The van der Waals surface area contributed by atoms with Crippen molar-refractivity contribution in [3.8, 4) is 0 Å². The van der Waals surface area contributed by atoms with Crippen molar-refractivity contribution in [3.63, 3.8) is 0 Å². The second-order valence-electron chi connectivity index (χ2n) is 1.36. The van der Waals surface area contributed by atoms with Crippen LogP contribution in [0.3, 0.4) is 0 Å². The molecule has 0 amide bonds. The van der Waals surface area contributed by atoms with Gasteiger partial charge in [0.25, 0.3) is 5.16 Å². The predicted octanol–water partition coefficient (Wildman–Crippen LogP) is -1.82. The van der Waals surface area contributed by atoms with E-state index in [2.05, 4.69) is 15.5 Å². The quantitative estimate of drug-likeness (QED) is 0.474. The van der Waals surface area contributed by atoms with Gasteiger partial charge in [0.15, 0.2) is 0 Å². The molecule has 0 bridgehead atoms. The maximum Gasteiger partial charge on any atom is 0.264 e. The van der Waals surface area contributed by atoms with Crippen LogP contribution in [0, 0.1) is 0 Å². The minimum atomic E-state index is -2.65. The predicted molar refractivity (Wildman–Crippen MR) is 27.4 cm³/mol. The van der Waals surface area contributed by atoms with E-state index in [0.29, 0.717) is 0 Å². The van der Waals surface area contributed by atoms with Gasteiger partial charge in [0.2, 0.25) is 10.7 Å². The Bertz CT molecular complexity index is 268. The average molecular weight is 148 g/mol. The maximum absolute atomic E-state index is 10.2. The molecule has 0 spiro atoms. The van der Waals surface area contributed by atoms with Crippen LogP contribution in [0.4, 0.5) is 0 Å². The first-order valence-electron chi connectivity index (χ1n) is 2.08. The molecular weight excluding hydrogens is 144 g/mol. The first-order chi connectivity index (χ1) is 4.22. The molecule has 0 unspecified atom stereocenters. The zero-order valence-electron chi connectivity index (χ0n) is 4.55. The Balaban J connectivity index is 3.23. The first-order valence-corrected chi connectivity index (χ1v) is 3.26. The maximum atomic E-state index is 10.2. The van der Waals surface area contributed by atoms with E-state index < -0.39 is 10.7 Å². The normalized spacial score (nSPS) is 10.4. The van der Waals surface area contributed by atoms with Crippen LogP contribution in [0.2, 0.25) is 0 Å². The highest BCUT2D eigenvalue weighted by Gasteiger charge is 2.01. The monoisotopic (exact) mass is 148 g/mol. The van der Waals surface area contributed by atoms with Gasteiger partial charge in [-0.05, 0) is 10.4 Å². The molecule has 0 fully saturated rings. The van der Waals surface area contributed by atoms with E-state index in [0.717, 1.165) is 4.68 Å². The van der Waals surface area contributed by atoms with Crippen molar-refractivity contribution in [3.05, 3.63) is 0 Å². The molecule has 50 valence electrons. The minimum absolute atomic E-state index is 0.120. The number of aryl methyl sites for hydroxylation is 1. The van der Waals surface area contributed by atoms with E-state index in [9.17, 15) is 8.42 Å². The SMILES string of the molecule is Cn1nnnc1[SH](=O)=O. The average Bonchev–Trinajstić information content (AvgIpc) is 2.13. The van der Waals surface area contributed by atoms with E-state index in [1.807, 2.05) is 0 Å². The summed E-state index contributed by atoms with van der Waals surface area (Å²) >= 11 is 0. The van der Waals surface area contributed by atoms with Crippen molar-refractivity contribution in [2.75, 3.05) is 0 Å². The van der Waals surface area contributed by atoms with Gasteiger partial charge in [-0.3, -0.25) is 0 Å². The van der Waals surface area contributed by atoms with Gasteiger partial charge in [-0.15, -0.1) is 0 Å². The summed E-state index contributed by atoms with van der Waals surface area (Å²) in [7, 11) is -1.19. The van der Waals surface area contributed by atoms with Gasteiger partial charge in [0.1, 0.15) is 0 Å². The summed E-state index contributed by atoms with van der Waals surface area (Å²) in [6.45, 7) is 0. The smallest absolute Gasteiger partial charge is 0.223 e. The van der Waals surface area contributed by atoms with Crippen LogP contribution in [-0.2, 0) is 17.8 Å². The molecule has 1 rings (SSSR count). The third kappa shape index (κ3) is 1.04. The highest BCUT2D eigenvalue weighted by atomic mass is 32.2. The number of tetrazole rings is 1. The lowest BCUT2D eigenvalue weighted by atomic mass is 11.2. The molecule has 0 atom stereocenters. The molecule has 9 heavy (non-hydrogen) atoms. The van der Waals surface area contributed by atoms with Crippen molar-refractivity contribution in [2.45, 2.75) is 5.16 Å². The number of hydrogen-bond donors (Lipinski definition) is 1. The van der Waals surface area contributed by atoms with Gasteiger partial charge in [-0.2, -0.15) is 0 Å². The fourth-order valence-corrected chi connectivity index (χ4v) is 0.769. The number of hydrogen-bond acceptors (Lipinski definition) is 5. The molecule has 0 radical (unpaired) electrons. The van der Waals surface area contributed by atoms with Gasteiger partial charge in [-0.25, -0.2) is 13.1 Å². The van der Waals surface area contributed by atoms with E-state index in [1.54, 1.807) is 0 Å². The van der Waals surface area contributed by atoms with Crippen LogP contribution in [0.15, 0.2) is 5.16 Å². The summed E-state index contributed by atoms with van der Waals surface area (Å²) in [5, 5.41) is 9.53. The molecule has 0 saturated heterocycles. The summed E-state index contributed by atoms with van der Waals surface area (Å²) in [4.78, 5) is 0. The van der Waals surface area contributed by atoms with Gasteiger partial charge in [0.05, 0.1) is 0 Å². The molecule has 6 nitrogen and oxygen atoms in total. The van der Waals surface area contributed by atoms with Crippen molar-refractivity contribution in [1.82, 2.24) is 20.2 Å². The molecule has 0 N–H and O–H groups in total. The molecule has 1 heterocycles. The van der Waals surface area contributed by atoms with Gasteiger partial charge in [-0.1, -0.05) is 5.10 Å². The molecule has 0 aliphatic carbocycles. The number of thiol groups is 1. The molecule has 1 aromatic rings. The van der Waals surface area contributed by atoms with Crippen LogP contribution in [0.5, 0.6) is 0 Å². The van der Waals surface area contributed by atoms with E-state index >= 15 is 0 Å². The van der Waals surface area contributed by atoms with Gasteiger partial charge < -0.3 is 0 Å². The number of aromatic nitrogens is 4. The summed E-state index contributed by atoms with van der Waals surface area (Å²) in [6, 6.07) is 0. The van der Waals surface area contributed by atoms with E-state index in [4.69, 9.17) is 0 Å². The zero-order chi connectivity index (χ0) is 6.85. The van der Waals surface area contributed by atoms with Crippen LogP contribution in [0.1, 0.15) is 0 Å². The van der Waals surface area contributed by atoms with Gasteiger partial charge in [0, 0.05) is 7.05 Å². The van der Waals surface area contributed by atoms with Crippen LogP contribution < -0.4 is 0 Å². The standard InChI is InChI=1S/C2H4N4O2S/c1-6-2(9(7)8)3-4-5-6/h9H,1H3. The van der Waals surface area contributed by atoms with Crippen LogP contribution in [0.25, 0.3) is 0 Å². The Hall–Kier alpha value is -0.980. The van der Waals surface area contributed by atoms with Crippen molar-refractivity contribution in [2.24, 2.45) is 7.05 Å². The topological polar surface area (TPSA) is 77.7 Å². The molecule has 0 aromatic carbocycles. The van der Waals surface area contributed by atoms with Crippen LogP contribution in [-0.4, -0.2) is 28.6 Å². The van der Waals surface area contributed by atoms with Crippen LogP contribution >= 0.6 is 0 Å². The Labute approximate surface area is 52.4 Å². The zero-order valence-corrected chi connectivity index (χ0v) is 5.45. The Morgan fingerprint density at radius 2 is 2.22 bits per heavy atom. The fraction of sp³-hybridized carbons (Fsp3) is 0.500.